The summed E-state index contributed by atoms with van der Waals surface area (Å²) in [5.41, 5.74) is 1.01. The molecular weight excluding hydrogens is 382 g/mol. The monoisotopic (exact) mass is 405 g/mol. The van der Waals surface area contributed by atoms with Crippen molar-refractivity contribution in [2.24, 2.45) is 0 Å². The van der Waals surface area contributed by atoms with Gasteiger partial charge in [-0.25, -0.2) is 0 Å². The molecule has 144 valence electrons. The molecule has 5 nitrogen and oxygen atoms in total. The first-order chi connectivity index (χ1) is 13.0. The molecule has 1 fully saturated rings. The van der Waals surface area contributed by atoms with E-state index in [0.717, 1.165) is 16.2 Å². The molecule has 3 rings (SSSR count). The van der Waals surface area contributed by atoms with Crippen molar-refractivity contribution in [1.82, 2.24) is 4.90 Å². The van der Waals surface area contributed by atoms with Gasteiger partial charge in [-0.15, -0.1) is 0 Å². The summed E-state index contributed by atoms with van der Waals surface area (Å²) in [6.45, 7) is 0.563. The molecule has 1 aromatic carbocycles. The van der Waals surface area contributed by atoms with Crippen LogP contribution in [0.5, 0.6) is 0 Å². The first-order valence-corrected chi connectivity index (χ1v) is 11.0. The molecule has 1 aliphatic rings. The standard InChI is InChI=1S/C20H23NO4S2/c22-19(23)9-5-2-6-12-21-14-27(26)18(20(21)24)13-16-10-11-17(25-16)15-7-3-1-4-8-15/h1-4,6-8,10-11,13,19-20,22-24H,5,9,12,14H2/b6-2+,18-13+. The number of aliphatic hydroxyl groups is 3. The first-order valence-electron chi connectivity index (χ1n) is 8.73. The molecule has 0 amide bonds. The van der Waals surface area contributed by atoms with Crippen LogP contribution in [0.1, 0.15) is 18.6 Å². The molecule has 2 aromatic rings. The number of hydrogen-bond acceptors (Lipinski definition) is 6. The zero-order valence-electron chi connectivity index (χ0n) is 14.8. The van der Waals surface area contributed by atoms with Gasteiger partial charge in [-0.3, -0.25) is 4.90 Å². The molecule has 27 heavy (non-hydrogen) atoms. The minimum Gasteiger partial charge on any atom is -0.457 e. The zero-order chi connectivity index (χ0) is 19.2. The van der Waals surface area contributed by atoms with Gasteiger partial charge in [0.05, 0.1) is 5.88 Å². The highest BCUT2D eigenvalue weighted by Gasteiger charge is 2.30. The average Bonchev–Trinajstić information content (AvgIpc) is 3.22. The summed E-state index contributed by atoms with van der Waals surface area (Å²) in [4.78, 5) is 2.69. The molecule has 2 heterocycles. The molecule has 2 unspecified atom stereocenters. The Morgan fingerprint density at radius 1 is 1.19 bits per heavy atom. The van der Waals surface area contributed by atoms with Crippen LogP contribution in [0.3, 0.4) is 0 Å². The van der Waals surface area contributed by atoms with Gasteiger partial charge in [0, 0.05) is 23.4 Å². The number of benzene rings is 1. The lowest BCUT2D eigenvalue weighted by atomic mass is 10.2. The van der Waals surface area contributed by atoms with Crippen molar-refractivity contribution in [2.75, 3.05) is 12.4 Å². The topological polar surface area (TPSA) is 77.1 Å². The molecule has 7 heteroatoms. The molecule has 0 spiro atoms. The second-order valence-electron chi connectivity index (χ2n) is 6.26. The Balaban J connectivity index is 1.65. The summed E-state index contributed by atoms with van der Waals surface area (Å²) in [6.07, 6.45) is 4.52. The summed E-state index contributed by atoms with van der Waals surface area (Å²) >= 11 is 5.54. The predicted molar refractivity (Wildman–Crippen MR) is 111 cm³/mol. The minimum absolute atomic E-state index is 0.303. The van der Waals surface area contributed by atoms with Gasteiger partial charge in [-0.1, -0.05) is 51.9 Å². The van der Waals surface area contributed by atoms with Crippen LogP contribution in [-0.2, 0) is 20.6 Å². The van der Waals surface area contributed by atoms with Crippen LogP contribution in [-0.4, -0.2) is 45.2 Å². The van der Waals surface area contributed by atoms with Crippen molar-refractivity contribution in [3.05, 3.63) is 65.3 Å². The highest BCUT2D eigenvalue weighted by Crippen LogP contribution is 2.28. The molecule has 2 atom stereocenters. The van der Waals surface area contributed by atoms with Crippen LogP contribution in [0.15, 0.2) is 63.9 Å². The Morgan fingerprint density at radius 2 is 1.96 bits per heavy atom. The number of furan rings is 1. The summed E-state index contributed by atoms with van der Waals surface area (Å²) in [5.74, 6) is 2.08. The molecule has 0 aliphatic carbocycles. The van der Waals surface area contributed by atoms with Gasteiger partial charge in [0.25, 0.3) is 0 Å². The van der Waals surface area contributed by atoms with Gasteiger partial charge in [0.15, 0.2) is 6.29 Å². The number of rotatable bonds is 7. The highest BCUT2D eigenvalue weighted by molar-refractivity contribution is 8.31. The van der Waals surface area contributed by atoms with Crippen LogP contribution in [0.4, 0.5) is 0 Å². The first kappa shape index (κ1) is 20.1. The van der Waals surface area contributed by atoms with Crippen LogP contribution in [0, 0.1) is 0 Å². The Kier molecular flexibility index (Phi) is 7.12. The van der Waals surface area contributed by atoms with E-state index in [1.165, 1.54) is 0 Å². The van der Waals surface area contributed by atoms with Gasteiger partial charge in [-0.05, 0) is 35.8 Å². The van der Waals surface area contributed by atoms with E-state index in [2.05, 4.69) is 0 Å². The van der Waals surface area contributed by atoms with E-state index < -0.39 is 22.0 Å². The van der Waals surface area contributed by atoms with Crippen molar-refractivity contribution < 1.29 is 19.7 Å². The van der Waals surface area contributed by atoms with Gasteiger partial charge in [0.1, 0.15) is 17.7 Å². The van der Waals surface area contributed by atoms with Crippen molar-refractivity contribution in [1.29, 1.82) is 0 Å². The van der Waals surface area contributed by atoms with E-state index in [0.29, 0.717) is 31.0 Å². The molecule has 3 N–H and O–H groups in total. The molecule has 1 aromatic heterocycles. The molecule has 0 radical (unpaired) electrons. The van der Waals surface area contributed by atoms with Gasteiger partial charge in [0.2, 0.25) is 0 Å². The quantitative estimate of drug-likeness (QED) is 0.486. The molecule has 1 aliphatic heterocycles. The van der Waals surface area contributed by atoms with Gasteiger partial charge >= 0.3 is 0 Å². The predicted octanol–water partition coefficient (Wildman–Crippen LogP) is 2.61. The number of aliphatic hydroxyl groups excluding tert-OH is 2. The Hall–Kier alpha value is -1.61. The van der Waals surface area contributed by atoms with E-state index in [9.17, 15) is 5.11 Å². The zero-order valence-corrected chi connectivity index (χ0v) is 16.4. The van der Waals surface area contributed by atoms with Crippen LogP contribution < -0.4 is 0 Å². The Labute approximate surface area is 165 Å². The maximum Gasteiger partial charge on any atom is 0.151 e. The average molecular weight is 406 g/mol. The Morgan fingerprint density at radius 3 is 2.70 bits per heavy atom. The van der Waals surface area contributed by atoms with E-state index in [1.54, 1.807) is 0 Å². The van der Waals surface area contributed by atoms with E-state index in [4.69, 9.17) is 25.8 Å². The second kappa shape index (κ2) is 9.54. The minimum atomic E-state index is -1.28. The third kappa shape index (κ3) is 5.44. The molecule has 0 saturated carbocycles. The van der Waals surface area contributed by atoms with Crippen LogP contribution in [0.25, 0.3) is 17.4 Å². The van der Waals surface area contributed by atoms with E-state index in [-0.39, 0.29) is 0 Å². The van der Waals surface area contributed by atoms with Gasteiger partial charge < -0.3 is 19.7 Å². The van der Waals surface area contributed by atoms with Crippen molar-refractivity contribution in [3.63, 3.8) is 0 Å². The summed E-state index contributed by atoms with van der Waals surface area (Å²) in [6, 6.07) is 13.7. The molecular formula is C20H23NO4S2. The number of nitrogens with zero attached hydrogens (tertiary/aromatic N) is 1. The largest absolute Gasteiger partial charge is 0.457 e. The van der Waals surface area contributed by atoms with E-state index in [1.807, 2.05) is 65.6 Å². The van der Waals surface area contributed by atoms with Crippen LogP contribution in [0.2, 0.25) is 0 Å². The lowest BCUT2D eigenvalue weighted by Gasteiger charge is -2.16. The van der Waals surface area contributed by atoms with Gasteiger partial charge in [-0.2, -0.15) is 0 Å². The highest BCUT2D eigenvalue weighted by atomic mass is 32.8. The summed E-state index contributed by atoms with van der Waals surface area (Å²) in [7, 11) is -0.475. The fourth-order valence-electron chi connectivity index (χ4n) is 2.79. The summed E-state index contributed by atoms with van der Waals surface area (Å²) < 4.78 is 5.89. The number of hydrogen-bond donors (Lipinski definition) is 3. The van der Waals surface area contributed by atoms with Crippen molar-refractivity contribution >= 4 is 26.7 Å². The smallest absolute Gasteiger partial charge is 0.151 e. The SMILES string of the molecule is OC(O)CC/C=C/CN1CS(=S)/C(=C/c2ccc(-c3ccccc3)o2)C1O. The number of allylic oxidation sites excluding steroid dienone is 1. The van der Waals surface area contributed by atoms with Crippen molar-refractivity contribution in [3.8, 4) is 11.3 Å². The molecule has 1 saturated heterocycles. The maximum atomic E-state index is 10.6. The Bertz CT molecular complexity index is 830. The lowest BCUT2D eigenvalue weighted by Crippen LogP contribution is -2.29. The maximum absolute atomic E-state index is 10.6. The normalized spacial score (nSPS) is 22.4. The fourth-order valence-corrected chi connectivity index (χ4v) is 4.92. The van der Waals surface area contributed by atoms with E-state index >= 15 is 0 Å². The third-order valence-corrected chi connectivity index (χ3v) is 6.53. The molecule has 0 bridgehead atoms. The second-order valence-corrected chi connectivity index (χ2v) is 8.89. The lowest BCUT2D eigenvalue weighted by molar-refractivity contribution is -0.0442. The third-order valence-electron chi connectivity index (χ3n) is 4.21. The fraction of sp³-hybridized carbons (Fsp3) is 0.300. The van der Waals surface area contributed by atoms with Crippen LogP contribution >= 0.6 is 0 Å². The van der Waals surface area contributed by atoms with Crippen molar-refractivity contribution in [2.45, 2.75) is 25.4 Å². The summed E-state index contributed by atoms with van der Waals surface area (Å²) in [5, 5.41) is 28.3.